The molecule has 3 heterocycles. The minimum absolute atomic E-state index is 0.0111. The molecule has 146 valence electrons. The summed E-state index contributed by atoms with van der Waals surface area (Å²) >= 11 is 17.6. The van der Waals surface area contributed by atoms with Crippen molar-refractivity contribution in [2.24, 2.45) is 0 Å². The Balaban J connectivity index is 1.77. The summed E-state index contributed by atoms with van der Waals surface area (Å²) in [5.41, 5.74) is 1.62. The summed E-state index contributed by atoms with van der Waals surface area (Å²) in [5, 5.41) is 3.93. The zero-order chi connectivity index (χ0) is 20.6. The second kappa shape index (κ2) is 7.95. The molecule has 7 nitrogen and oxygen atoms in total. The fourth-order valence-corrected chi connectivity index (χ4v) is 3.28. The lowest BCUT2D eigenvalue weighted by Crippen LogP contribution is -2.16. The van der Waals surface area contributed by atoms with E-state index in [1.54, 1.807) is 30.5 Å². The number of aromatic nitrogens is 3. The van der Waals surface area contributed by atoms with E-state index < -0.39 is 12.6 Å². The third-order valence-corrected chi connectivity index (χ3v) is 5.26. The lowest BCUT2D eigenvalue weighted by molar-refractivity contribution is 0.0469. The van der Waals surface area contributed by atoms with Crippen LogP contribution in [-0.2, 0) is 4.74 Å². The van der Waals surface area contributed by atoms with Crippen LogP contribution in [-0.4, -0.2) is 33.1 Å². The van der Waals surface area contributed by atoms with Crippen molar-refractivity contribution in [2.75, 3.05) is 6.61 Å². The summed E-state index contributed by atoms with van der Waals surface area (Å²) in [4.78, 5) is 28.6. The summed E-state index contributed by atoms with van der Waals surface area (Å²) in [7, 11) is 0. The molecule has 28 heavy (non-hydrogen) atoms. The van der Waals surface area contributed by atoms with Crippen molar-refractivity contribution >= 4 is 46.6 Å². The first-order valence-corrected chi connectivity index (χ1v) is 9.16. The Labute approximate surface area is 175 Å². The molecule has 0 aromatic carbocycles. The molecule has 0 aliphatic carbocycles. The van der Waals surface area contributed by atoms with Gasteiger partial charge in [0.05, 0.1) is 15.1 Å². The van der Waals surface area contributed by atoms with Crippen LogP contribution >= 0.6 is 34.8 Å². The molecule has 0 aliphatic rings. The van der Waals surface area contributed by atoms with Crippen LogP contribution in [0, 0.1) is 20.8 Å². The highest BCUT2D eigenvalue weighted by atomic mass is 35.5. The largest absolute Gasteiger partial charge is 0.453 e. The van der Waals surface area contributed by atoms with Gasteiger partial charge in [0.15, 0.2) is 18.1 Å². The molecule has 0 fully saturated rings. The fraction of sp³-hybridized carbons (Fsp3) is 0.222. The number of carbonyl (C=O) groups is 2. The molecule has 0 atom stereocenters. The van der Waals surface area contributed by atoms with Crippen LogP contribution in [0.2, 0.25) is 15.1 Å². The first kappa shape index (κ1) is 20.4. The van der Waals surface area contributed by atoms with Gasteiger partial charge in [0.2, 0.25) is 5.78 Å². The molecule has 0 spiro atoms. The van der Waals surface area contributed by atoms with Gasteiger partial charge in [0.1, 0.15) is 5.76 Å². The number of esters is 1. The molecule has 0 N–H and O–H groups in total. The Morgan fingerprint density at radius 1 is 1.14 bits per heavy atom. The van der Waals surface area contributed by atoms with Crippen LogP contribution < -0.4 is 0 Å². The van der Waals surface area contributed by atoms with Crippen LogP contribution in [0.1, 0.15) is 38.0 Å². The SMILES string of the molecule is Cc1cc(-n2c(C)cc(C(=O)COC(=O)c3ncc(Cl)c(Cl)c3Cl)c2C)no1. The second-order valence-electron chi connectivity index (χ2n) is 6.00. The van der Waals surface area contributed by atoms with Crippen molar-refractivity contribution in [1.29, 1.82) is 0 Å². The Bertz CT molecular complexity index is 1090. The quantitative estimate of drug-likeness (QED) is 0.417. The van der Waals surface area contributed by atoms with Gasteiger partial charge in [-0.2, -0.15) is 0 Å². The van der Waals surface area contributed by atoms with E-state index in [0.717, 1.165) is 5.69 Å². The summed E-state index contributed by atoms with van der Waals surface area (Å²) in [6, 6.07) is 3.45. The van der Waals surface area contributed by atoms with Gasteiger partial charge in [0.25, 0.3) is 0 Å². The minimum atomic E-state index is -0.877. The van der Waals surface area contributed by atoms with Gasteiger partial charge in [-0.1, -0.05) is 40.0 Å². The number of ether oxygens (including phenoxy) is 1. The predicted octanol–water partition coefficient (Wildman–Crippen LogP) is 4.79. The summed E-state index contributed by atoms with van der Waals surface area (Å²) in [6.45, 7) is 4.89. The molecule has 3 rings (SSSR count). The van der Waals surface area contributed by atoms with Crippen molar-refractivity contribution in [1.82, 2.24) is 14.7 Å². The number of halogens is 3. The number of Topliss-reactive ketones (excluding diaryl/α,β-unsaturated/α-hetero) is 1. The maximum absolute atomic E-state index is 12.6. The average molecular weight is 443 g/mol. The van der Waals surface area contributed by atoms with Crippen molar-refractivity contribution in [3.63, 3.8) is 0 Å². The number of hydrogen-bond donors (Lipinski definition) is 0. The fourth-order valence-electron chi connectivity index (χ4n) is 2.72. The molecule has 0 radical (unpaired) electrons. The first-order valence-electron chi connectivity index (χ1n) is 8.03. The van der Waals surface area contributed by atoms with Crippen LogP contribution in [0.15, 0.2) is 22.9 Å². The number of nitrogens with zero attached hydrogens (tertiary/aromatic N) is 3. The van der Waals surface area contributed by atoms with E-state index in [9.17, 15) is 9.59 Å². The topological polar surface area (TPSA) is 87.2 Å². The second-order valence-corrected chi connectivity index (χ2v) is 7.16. The van der Waals surface area contributed by atoms with E-state index in [4.69, 9.17) is 44.1 Å². The van der Waals surface area contributed by atoms with Gasteiger partial charge in [0, 0.05) is 29.2 Å². The monoisotopic (exact) mass is 441 g/mol. The highest BCUT2D eigenvalue weighted by Crippen LogP contribution is 2.31. The smallest absolute Gasteiger partial charge is 0.358 e. The van der Waals surface area contributed by atoms with E-state index in [0.29, 0.717) is 22.8 Å². The Kier molecular flexibility index (Phi) is 5.79. The third-order valence-electron chi connectivity index (χ3n) is 4.02. The normalized spacial score (nSPS) is 10.9. The Morgan fingerprint density at radius 3 is 2.50 bits per heavy atom. The Morgan fingerprint density at radius 2 is 1.86 bits per heavy atom. The molecular formula is C18H14Cl3N3O4. The van der Waals surface area contributed by atoms with Gasteiger partial charge < -0.3 is 9.26 Å². The maximum atomic E-state index is 12.6. The van der Waals surface area contributed by atoms with Gasteiger partial charge in [-0.05, 0) is 26.8 Å². The Hall–Kier alpha value is -2.35. The molecule has 10 heteroatoms. The molecule has 0 bridgehead atoms. The minimum Gasteiger partial charge on any atom is -0.453 e. The highest BCUT2D eigenvalue weighted by Gasteiger charge is 2.22. The van der Waals surface area contributed by atoms with E-state index in [-0.39, 0.29) is 26.5 Å². The zero-order valence-electron chi connectivity index (χ0n) is 15.0. The molecular weight excluding hydrogens is 429 g/mol. The molecule has 0 saturated carbocycles. The zero-order valence-corrected chi connectivity index (χ0v) is 17.3. The van der Waals surface area contributed by atoms with Crippen LogP contribution in [0.3, 0.4) is 0 Å². The van der Waals surface area contributed by atoms with E-state index in [1.807, 2.05) is 6.92 Å². The summed E-state index contributed by atoms with van der Waals surface area (Å²) in [6.07, 6.45) is 1.18. The van der Waals surface area contributed by atoms with Crippen molar-refractivity contribution < 1.29 is 18.8 Å². The van der Waals surface area contributed by atoms with Crippen LogP contribution in [0.25, 0.3) is 5.82 Å². The molecule has 0 amide bonds. The van der Waals surface area contributed by atoms with Crippen molar-refractivity contribution in [3.05, 3.63) is 61.8 Å². The average Bonchev–Trinajstić information content (AvgIpc) is 3.20. The lowest BCUT2D eigenvalue weighted by Gasteiger charge is -2.07. The summed E-state index contributed by atoms with van der Waals surface area (Å²) in [5.74, 6) is -0.0485. The lowest BCUT2D eigenvalue weighted by atomic mass is 10.1. The highest BCUT2D eigenvalue weighted by molar-refractivity contribution is 6.48. The third kappa shape index (κ3) is 3.78. The van der Waals surface area contributed by atoms with Gasteiger partial charge in [-0.3, -0.25) is 9.36 Å². The number of hydrogen-bond acceptors (Lipinski definition) is 6. The van der Waals surface area contributed by atoms with Gasteiger partial charge in [-0.15, -0.1) is 0 Å². The number of aryl methyl sites for hydroxylation is 2. The molecule has 0 unspecified atom stereocenters. The van der Waals surface area contributed by atoms with Gasteiger partial charge >= 0.3 is 5.97 Å². The number of ketones is 1. The molecule has 3 aromatic heterocycles. The molecule has 0 aliphatic heterocycles. The van der Waals surface area contributed by atoms with Crippen molar-refractivity contribution in [2.45, 2.75) is 20.8 Å². The number of rotatable bonds is 5. The number of carbonyl (C=O) groups excluding carboxylic acids is 2. The standard InChI is InChI=1S/C18H14Cl3N3O4/c1-8-4-11(10(3)24(8)14-5-9(2)28-23-14)13(25)7-27-18(26)17-16(21)15(20)12(19)6-22-17/h4-6H,7H2,1-3H3. The predicted molar refractivity (Wildman–Crippen MR) is 104 cm³/mol. The van der Waals surface area contributed by atoms with Crippen LogP contribution in [0.4, 0.5) is 0 Å². The van der Waals surface area contributed by atoms with E-state index in [2.05, 4.69) is 10.1 Å². The van der Waals surface area contributed by atoms with Crippen molar-refractivity contribution in [3.8, 4) is 5.82 Å². The van der Waals surface area contributed by atoms with E-state index >= 15 is 0 Å². The molecule has 0 saturated heterocycles. The first-order chi connectivity index (χ1) is 13.2. The number of pyridine rings is 1. The van der Waals surface area contributed by atoms with Crippen LogP contribution in [0.5, 0.6) is 0 Å². The van der Waals surface area contributed by atoms with Gasteiger partial charge in [-0.25, -0.2) is 9.78 Å². The van der Waals surface area contributed by atoms with E-state index in [1.165, 1.54) is 6.20 Å². The summed E-state index contributed by atoms with van der Waals surface area (Å²) < 4.78 is 11.9. The molecule has 3 aromatic rings. The maximum Gasteiger partial charge on any atom is 0.358 e.